The highest BCUT2D eigenvalue weighted by Crippen LogP contribution is 2.20. The summed E-state index contributed by atoms with van der Waals surface area (Å²) in [5.41, 5.74) is 6.19. The summed E-state index contributed by atoms with van der Waals surface area (Å²) < 4.78 is 41.3. The lowest BCUT2D eigenvalue weighted by Gasteiger charge is -2.18. The lowest BCUT2D eigenvalue weighted by molar-refractivity contribution is -0.137. The van der Waals surface area contributed by atoms with E-state index < -0.39 is 12.6 Å². The van der Waals surface area contributed by atoms with Gasteiger partial charge >= 0.3 is 6.18 Å². The third-order valence-electron chi connectivity index (χ3n) is 2.43. The second-order valence-electron chi connectivity index (χ2n) is 4.05. The van der Waals surface area contributed by atoms with Crippen molar-refractivity contribution in [2.24, 2.45) is 0 Å². The maximum Gasteiger partial charge on any atom is 0.390 e. The van der Waals surface area contributed by atoms with E-state index in [0.717, 1.165) is 0 Å². The molecule has 1 aromatic carbocycles. The Labute approximate surface area is 104 Å². The number of hydrogen-bond acceptors (Lipinski definition) is 3. The quantitative estimate of drug-likeness (QED) is 0.801. The first-order valence-corrected chi connectivity index (χ1v) is 5.61. The normalized spacial score (nSPS) is 11.8. The van der Waals surface area contributed by atoms with Crippen LogP contribution in [0.2, 0.25) is 0 Å². The molecule has 0 unspecified atom stereocenters. The molecule has 0 radical (unpaired) electrons. The number of nitrogen functional groups attached to an aromatic ring is 1. The molecule has 1 rings (SSSR count). The summed E-state index contributed by atoms with van der Waals surface area (Å²) in [6, 6.07) is 7.02. The van der Waals surface area contributed by atoms with E-state index in [1.807, 2.05) is 0 Å². The van der Waals surface area contributed by atoms with Gasteiger partial charge in [-0.3, -0.25) is 0 Å². The van der Waals surface area contributed by atoms with Gasteiger partial charge in [-0.1, -0.05) is 12.1 Å². The third kappa shape index (κ3) is 5.77. The minimum atomic E-state index is -4.11. The van der Waals surface area contributed by atoms with Crippen LogP contribution in [0.1, 0.15) is 6.42 Å². The minimum Gasteiger partial charge on any atom is -0.490 e. The Morgan fingerprint density at radius 3 is 2.50 bits per heavy atom. The zero-order valence-corrected chi connectivity index (χ0v) is 10.2. The number of nitrogens with zero attached hydrogens (tertiary/aromatic N) is 1. The number of nitrogens with two attached hydrogens (primary N) is 1. The standard InChI is InChI=1S/C12H17F3N2O/c1-17(7-6-12(13,14)15)8-9-18-11-5-3-2-4-10(11)16/h2-5H,6-9,16H2,1H3. The Balaban J connectivity index is 2.24. The van der Waals surface area contributed by atoms with Crippen molar-refractivity contribution in [1.82, 2.24) is 4.90 Å². The molecule has 0 saturated carbocycles. The summed E-state index contributed by atoms with van der Waals surface area (Å²) >= 11 is 0. The molecule has 0 amide bonds. The molecule has 1 aromatic rings. The van der Waals surface area contributed by atoms with E-state index >= 15 is 0 Å². The largest absolute Gasteiger partial charge is 0.490 e. The molecule has 2 N–H and O–H groups in total. The highest BCUT2D eigenvalue weighted by molar-refractivity contribution is 5.51. The van der Waals surface area contributed by atoms with Gasteiger partial charge in [0.25, 0.3) is 0 Å². The predicted molar refractivity (Wildman–Crippen MR) is 64.5 cm³/mol. The van der Waals surface area contributed by atoms with Crippen molar-refractivity contribution in [3.05, 3.63) is 24.3 Å². The van der Waals surface area contributed by atoms with Gasteiger partial charge in [0.05, 0.1) is 12.1 Å². The van der Waals surface area contributed by atoms with E-state index in [-0.39, 0.29) is 6.54 Å². The van der Waals surface area contributed by atoms with Crippen LogP contribution in [0.4, 0.5) is 18.9 Å². The summed E-state index contributed by atoms with van der Waals surface area (Å²) in [5, 5.41) is 0. The van der Waals surface area contributed by atoms with Gasteiger partial charge < -0.3 is 15.4 Å². The first-order chi connectivity index (χ1) is 8.38. The molecular formula is C12H17F3N2O. The number of para-hydroxylation sites is 2. The van der Waals surface area contributed by atoms with Gasteiger partial charge in [0.1, 0.15) is 12.4 Å². The first kappa shape index (κ1) is 14.6. The lowest BCUT2D eigenvalue weighted by atomic mass is 10.3. The molecular weight excluding hydrogens is 245 g/mol. The SMILES string of the molecule is CN(CCOc1ccccc1N)CCC(F)(F)F. The van der Waals surface area contributed by atoms with Gasteiger partial charge in [-0.25, -0.2) is 0 Å². The second-order valence-corrected chi connectivity index (χ2v) is 4.05. The Hall–Kier alpha value is -1.43. The zero-order valence-electron chi connectivity index (χ0n) is 10.2. The molecule has 0 aliphatic carbocycles. The number of rotatable bonds is 6. The topological polar surface area (TPSA) is 38.5 Å². The Kier molecular flexibility index (Phi) is 5.27. The van der Waals surface area contributed by atoms with Gasteiger partial charge in [-0.15, -0.1) is 0 Å². The summed E-state index contributed by atoms with van der Waals surface area (Å²) in [4.78, 5) is 1.58. The van der Waals surface area contributed by atoms with E-state index in [2.05, 4.69) is 0 Å². The molecule has 0 fully saturated rings. The average Bonchev–Trinajstić information content (AvgIpc) is 2.28. The van der Waals surface area contributed by atoms with Gasteiger partial charge in [0, 0.05) is 13.1 Å². The molecule has 102 valence electrons. The van der Waals surface area contributed by atoms with Crippen LogP contribution in [0, 0.1) is 0 Å². The minimum absolute atomic E-state index is 0.0306. The average molecular weight is 262 g/mol. The molecule has 0 aliphatic heterocycles. The summed E-state index contributed by atoms with van der Waals surface area (Å²) in [6.45, 7) is 0.699. The van der Waals surface area contributed by atoms with E-state index in [4.69, 9.17) is 10.5 Å². The van der Waals surface area contributed by atoms with Crippen LogP contribution in [0.15, 0.2) is 24.3 Å². The number of halogens is 3. The first-order valence-electron chi connectivity index (χ1n) is 5.61. The van der Waals surface area contributed by atoms with E-state index in [9.17, 15) is 13.2 Å². The van der Waals surface area contributed by atoms with Crippen molar-refractivity contribution in [1.29, 1.82) is 0 Å². The number of likely N-dealkylation sites (N-methyl/N-ethyl adjacent to an activating group) is 1. The Morgan fingerprint density at radius 1 is 1.22 bits per heavy atom. The van der Waals surface area contributed by atoms with Crippen molar-refractivity contribution < 1.29 is 17.9 Å². The lowest BCUT2D eigenvalue weighted by Crippen LogP contribution is -2.28. The molecule has 6 heteroatoms. The van der Waals surface area contributed by atoms with Crippen LogP contribution in [-0.2, 0) is 0 Å². The fraction of sp³-hybridized carbons (Fsp3) is 0.500. The van der Waals surface area contributed by atoms with Crippen molar-refractivity contribution in [3.63, 3.8) is 0 Å². The maximum absolute atomic E-state index is 12.0. The Bertz CT molecular complexity index is 369. The van der Waals surface area contributed by atoms with Gasteiger partial charge in [-0.05, 0) is 19.2 Å². The monoisotopic (exact) mass is 262 g/mol. The second kappa shape index (κ2) is 6.49. The van der Waals surface area contributed by atoms with Crippen LogP contribution in [0.5, 0.6) is 5.75 Å². The predicted octanol–water partition coefficient (Wildman–Crippen LogP) is 2.53. The van der Waals surface area contributed by atoms with E-state index in [1.54, 1.807) is 36.2 Å². The zero-order chi connectivity index (χ0) is 13.6. The molecule has 0 heterocycles. The highest BCUT2D eigenvalue weighted by Gasteiger charge is 2.26. The number of benzene rings is 1. The van der Waals surface area contributed by atoms with Crippen molar-refractivity contribution in [2.45, 2.75) is 12.6 Å². The number of anilines is 1. The fourth-order valence-corrected chi connectivity index (χ4v) is 1.35. The number of alkyl halides is 3. The maximum atomic E-state index is 12.0. The van der Waals surface area contributed by atoms with Crippen LogP contribution < -0.4 is 10.5 Å². The van der Waals surface area contributed by atoms with Crippen LogP contribution in [0.3, 0.4) is 0 Å². The van der Waals surface area contributed by atoms with Gasteiger partial charge in [0.15, 0.2) is 0 Å². The summed E-state index contributed by atoms with van der Waals surface area (Å²) in [5.74, 6) is 0.557. The highest BCUT2D eigenvalue weighted by atomic mass is 19.4. The smallest absolute Gasteiger partial charge is 0.390 e. The molecule has 0 aromatic heterocycles. The molecule has 18 heavy (non-hydrogen) atoms. The van der Waals surface area contributed by atoms with Crippen LogP contribution in [0.25, 0.3) is 0 Å². The molecule has 0 aliphatic rings. The number of ether oxygens (including phenoxy) is 1. The molecule has 0 atom stereocenters. The summed E-state index contributed by atoms with van der Waals surface area (Å²) in [7, 11) is 1.63. The fourth-order valence-electron chi connectivity index (χ4n) is 1.35. The van der Waals surface area contributed by atoms with Crippen LogP contribution in [-0.4, -0.2) is 37.8 Å². The van der Waals surface area contributed by atoms with Crippen molar-refractivity contribution >= 4 is 5.69 Å². The molecule has 0 spiro atoms. The molecule has 0 bridgehead atoms. The van der Waals surface area contributed by atoms with E-state index in [1.165, 1.54) is 0 Å². The van der Waals surface area contributed by atoms with Gasteiger partial charge in [0.2, 0.25) is 0 Å². The number of hydrogen-bond donors (Lipinski definition) is 1. The van der Waals surface area contributed by atoms with Crippen molar-refractivity contribution in [2.75, 3.05) is 32.5 Å². The third-order valence-corrected chi connectivity index (χ3v) is 2.43. The van der Waals surface area contributed by atoms with Gasteiger partial charge in [-0.2, -0.15) is 13.2 Å². The van der Waals surface area contributed by atoms with E-state index in [0.29, 0.717) is 24.6 Å². The Morgan fingerprint density at radius 2 is 1.89 bits per heavy atom. The molecule has 0 saturated heterocycles. The summed E-state index contributed by atoms with van der Waals surface area (Å²) in [6.07, 6.45) is -4.92. The molecule has 3 nitrogen and oxygen atoms in total. The van der Waals surface area contributed by atoms with Crippen molar-refractivity contribution in [3.8, 4) is 5.75 Å². The van der Waals surface area contributed by atoms with Crippen LogP contribution >= 0.6 is 0 Å².